The zero-order chi connectivity index (χ0) is 22.0. The number of rotatable bonds is 4. The number of halogens is 3. The average molecular weight is 424 g/mol. The molecule has 0 saturated carbocycles. The van der Waals surface area contributed by atoms with Crippen LogP contribution in [0.3, 0.4) is 0 Å². The number of nitrogens with zero attached hydrogens (tertiary/aromatic N) is 1. The van der Waals surface area contributed by atoms with Gasteiger partial charge in [0.05, 0.1) is 16.8 Å². The highest BCUT2D eigenvalue weighted by Crippen LogP contribution is 2.21. The van der Waals surface area contributed by atoms with Gasteiger partial charge in [0.1, 0.15) is 17.5 Å². The first-order valence-corrected chi connectivity index (χ1v) is 9.18. The second-order valence-corrected chi connectivity index (χ2v) is 6.77. The van der Waals surface area contributed by atoms with Crippen molar-refractivity contribution in [3.8, 4) is 0 Å². The van der Waals surface area contributed by atoms with Crippen molar-refractivity contribution in [2.75, 3.05) is 10.6 Å². The molecule has 0 saturated heterocycles. The van der Waals surface area contributed by atoms with Gasteiger partial charge in [0, 0.05) is 23.6 Å². The highest BCUT2D eigenvalue weighted by atomic mass is 19.1. The van der Waals surface area contributed by atoms with Gasteiger partial charge in [0.25, 0.3) is 5.56 Å². The van der Waals surface area contributed by atoms with Gasteiger partial charge >= 0.3 is 6.03 Å². The van der Waals surface area contributed by atoms with Gasteiger partial charge in [-0.3, -0.25) is 4.79 Å². The molecule has 156 valence electrons. The number of carbonyl (C=O) groups is 1. The smallest absolute Gasteiger partial charge is 0.308 e. The zero-order valence-corrected chi connectivity index (χ0v) is 15.9. The SMILES string of the molecule is O=C(Nc1ccc2c(Cc3cccc(F)c3)n[nH]c(=O)c2c1)Nc1ccc(F)cc1F. The Morgan fingerprint density at radius 2 is 1.71 bits per heavy atom. The van der Waals surface area contributed by atoms with Crippen LogP contribution in [0.1, 0.15) is 11.3 Å². The summed E-state index contributed by atoms with van der Waals surface area (Å²) >= 11 is 0. The van der Waals surface area contributed by atoms with Gasteiger partial charge in [-0.2, -0.15) is 5.10 Å². The van der Waals surface area contributed by atoms with Crippen LogP contribution in [0, 0.1) is 17.5 Å². The van der Waals surface area contributed by atoms with Gasteiger partial charge in [-0.15, -0.1) is 0 Å². The van der Waals surface area contributed by atoms with E-state index in [0.717, 1.165) is 12.1 Å². The van der Waals surface area contributed by atoms with Crippen LogP contribution in [0.2, 0.25) is 0 Å². The van der Waals surface area contributed by atoms with Crippen LogP contribution < -0.4 is 16.2 Å². The molecular formula is C22H15F3N4O2. The number of urea groups is 1. The molecule has 0 radical (unpaired) electrons. The highest BCUT2D eigenvalue weighted by molar-refractivity contribution is 6.01. The predicted molar refractivity (Wildman–Crippen MR) is 111 cm³/mol. The monoisotopic (exact) mass is 424 g/mol. The van der Waals surface area contributed by atoms with Crippen molar-refractivity contribution in [1.82, 2.24) is 10.2 Å². The first kappa shape index (κ1) is 20.1. The lowest BCUT2D eigenvalue weighted by atomic mass is 10.0. The van der Waals surface area contributed by atoms with Crippen molar-refractivity contribution >= 4 is 28.2 Å². The highest BCUT2D eigenvalue weighted by Gasteiger charge is 2.12. The minimum atomic E-state index is -0.918. The predicted octanol–water partition coefficient (Wildman–Crippen LogP) is 4.58. The van der Waals surface area contributed by atoms with Gasteiger partial charge in [-0.1, -0.05) is 18.2 Å². The number of aromatic nitrogens is 2. The van der Waals surface area contributed by atoms with E-state index in [1.807, 2.05) is 0 Å². The molecule has 4 aromatic rings. The molecule has 31 heavy (non-hydrogen) atoms. The Kier molecular flexibility index (Phi) is 5.40. The number of hydrogen-bond acceptors (Lipinski definition) is 3. The van der Waals surface area contributed by atoms with Crippen molar-refractivity contribution in [1.29, 1.82) is 0 Å². The second kappa shape index (κ2) is 8.31. The molecule has 0 aliphatic carbocycles. The van der Waals surface area contributed by atoms with E-state index in [-0.39, 0.29) is 22.6 Å². The molecule has 2 amide bonds. The number of H-pyrrole nitrogens is 1. The number of hydrogen-bond donors (Lipinski definition) is 3. The van der Waals surface area contributed by atoms with E-state index < -0.39 is 23.2 Å². The van der Waals surface area contributed by atoms with E-state index in [1.54, 1.807) is 24.3 Å². The molecule has 0 aliphatic rings. The topological polar surface area (TPSA) is 86.9 Å². The second-order valence-electron chi connectivity index (χ2n) is 6.77. The summed E-state index contributed by atoms with van der Waals surface area (Å²) in [6, 6.07) is 12.7. The summed E-state index contributed by atoms with van der Waals surface area (Å²) in [5.41, 5.74) is 0.833. The molecule has 0 aliphatic heterocycles. The van der Waals surface area contributed by atoms with Crippen LogP contribution in [-0.2, 0) is 6.42 Å². The van der Waals surface area contributed by atoms with Gasteiger partial charge in [0.2, 0.25) is 0 Å². The Balaban J connectivity index is 1.58. The molecule has 0 bridgehead atoms. The molecule has 0 fully saturated rings. The third-order valence-corrected chi connectivity index (χ3v) is 4.57. The number of aromatic amines is 1. The summed E-state index contributed by atoms with van der Waals surface area (Å²) in [4.78, 5) is 24.4. The Morgan fingerprint density at radius 1 is 0.903 bits per heavy atom. The normalized spacial score (nSPS) is 10.8. The minimum absolute atomic E-state index is 0.195. The molecule has 3 N–H and O–H groups in total. The Hall–Kier alpha value is -4.14. The lowest BCUT2D eigenvalue weighted by Crippen LogP contribution is -2.20. The number of benzene rings is 3. The van der Waals surface area contributed by atoms with Gasteiger partial charge in [0.15, 0.2) is 0 Å². The van der Waals surface area contributed by atoms with Gasteiger partial charge in [-0.05, 0) is 42.0 Å². The summed E-state index contributed by atoms with van der Waals surface area (Å²) in [5.74, 6) is -2.06. The lowest BCUT2D eigenvalue weighted by molar-refractivity contribution is 0.262. The molecule has 9 heteroatoms. The zero-order valence-electron chi connectivity index (χ0n) is 15.9. The standard InChI is InChI=1S/C22H15F3N4O2/c23-13-3-1-2-12(8-13)9-20-16-6-5-15(11-17(16)21(30)29-28-20)26-22(31)27-19-7-4-14(24)10-18(19)25/h1-8,10-11H,9H2,(H,29,30)(H2,26,27,31). The van der Waals surface area contributed by atoms with Crippen LogP contribution in [0.4, 0.5) is 29.3 Å². The van der Waals surface area contributed by atoms with Crippen molar-refractivity contribution in [3.05, 3.63) is 99.7 Å². The largest absolute Gasteiger partial charge is 0.323 e. The fourth-order valence-corrected chi connectivity index (χ4v) is 3.15. The van der Waals surface area contributed by atoms with Crippen LogP contribution in [-0.4, -0.2) is 16.2 Å². The van der Waals surface area contributed by atoms with Crippen LogP contribution in [0.15, 0.2) is 65.5 Å². The van der Waals surface area contributed by atoms with E-state index in [4.69, 9.17) is 0 Å². The molecule has 1 aromatic heterocycles. The molecule has 4 rings (SSSR count). The first-order chi connectivity index (χ1) is 14.9. The molecule has 0 unspecified atom stereocenters. The Morgan fingerprint density at radius 3 is 2.48 bits per heavy atom. The summed E-state index contributed by atoms with van der Waals surface area (Å²) < 4.78 is 40.1. The van der Waals surface area contributed by atoms with E-state index in [9.17, 15) is 22.8 Å². The number of nitrogens with one attached hydrogen (secondary N) is 3. The number of amides is 2. The lowest BCUT2D eigenvalue weighted by Gasteiger charge is -2.10. The number of fused-ring (bicyclic) bond motifs is 1. The summed E-state index contributed by atoms with van der Waals surface area (Å²) in [7, 11) is 0. The summed E-state index contributed by atoms with van der Waals surface area (Å²) in [6.07, 6.45) is 0.294. The summed E-state index contributed by atoms with van der Waals surface area (Å²) in [6.45, 7) is 0. The fraction of sp³-hybridized carbons (Fsp3) is 0.0455. The molecule has 0 atom stereocenters. The van der Waals surface area contributed by atoms with Gasteiger partial charge in [-0.25, -0.2) is 23.1 Å². The maximum atomic E-state index is 13.7. The van der Waals surface area contributed by atoms with E-state index in [2.05, 4.69) is 20.8 Å². The quantitative estimate of drug-likeness (QED) is 0.448. The first-order valence-electron chi connectivity index (χ1n) is 9.18. The molecule has 6 nitrogen and oxygen atoms in total. The molecule has 1 heterocycles. The minimum Gasteiger partial charge on any atom is -0.308 e. The van der Waals surface area contributed by atoms with E-state index >= 15 is 0 Å². The maximum Gasteiger partial charge on any atom is 0.323 e. The van der Waals surface area contributed by atoms with Crippen molar-refractivity contribution in [2.45, 2.75) is 6.42 Å². The van der Waals surface area contributed by atoms with Crippen LogP contribution in [0.5, 0.6) is 0 Å². The van der Waals surface area contributed by atoms with Crippen molar-refractivity contribution < 1.29 is 18.0 Å². The maximum absolute atomic E-state index is 13.7. The van der Waals surface area contributed by atoms with Crippen molar-refractivity contribution in [2.24, 2.45) is 0 Å². The Bertz CT molecular complexity index is 1350. The molecule has 3 aromatic carbocycles. The molecule has 0 spiro atoms. The Labute approximate surface area is 173 Å². The number of carbonyl (C=O) groups excluding carboxylic acids is 1. The van der Waals surface area contributed by atoms with Crippen LogP contribution >= 0.6 is 0 Å². The average Bonchev–Trinajstić information content (AvgIpc) is 2.72. The third-order valence-electron chi connectivity index (χ3n) is 4.57. The van der Waals surface area contributed by atoms with Crippen molar-refractivity contribution in [3.63, 3.8) is 0 Å². The van der Waals surface area contributed by atoms with E-state index in [1.165, 1.54) is 18.2 Å². The molecular weight excluding hydrogens is 409 g/mol. The fourth-order valence-electron chi connectivity index (χ4n) is 3.15. The van der Waals surface area contributed by atoms with E-state index in [0.29, 0.717) is 29.1 Å². The number of anilines is 2. The van der Waals surface area contributed by atoms with Crippen LogP contribution in [0.25, 0.3) is 10.8 Å². The third kappa shape index (κ3) is 4.55. The van der Waals surface area contributed by atoms with Gasteiger partial charge < -0.3 is 10.6 Å². The summed E-state index contributed by atoms with van der Waals surface area (Å²) in [5, 5.41) is 12.0.